The average molecular weight is 479 g/mol. The molecule has 4 rings (SSSR count). The van der Waals surface area contributed by atoms with Crippen molar-refractivity contribution in [2.45, 2.75) is 45.1 Å². The first-order chi connectivity index (χ1) is 16.9. The molecule has 1 saturated carbocycles. The van der Waals surface area contributed by atoms with E-state index < -0.39 is 17.3 Å². The summed E-state index contributed by atoms with van der Waals surface area (Å²) in [6.45, 7) is 2.08. The number of rotatable bonds is 11. The minimum absolute atomic E-state index is 0.258. The van der Waals surface area contributed by atoms with Crippen LogP contribution in [0.5, 0.6) is 23.0 Å². The minimum atomic E-state index is -1.26. The topological polar surface area (TPSA) is 107 Å². The average Bonchev–Trinajstić information content (AvgIpc) is 3.69. The molecule has 1 aliphatic rings. The summed E-state index contributed by atoms with van der Waals surface area (Å²) in [5.74, 6) is 0.964. The SMILES string of the molecule is CCCCC(NC(=O)C1(C(=O)O)CC1)c1ccc(Oc2ccnc3cc(OC)c(OC)cc23)cc1. The van der Waals surface area contributed by atoms with Gasteiger partial charge in [0.05, 0.1) is 25.8 Å². The van der Waals surface area contributed by atoms with Crippen molar-refractivity contribution in [2.75, 3.05) is 14.2 Å². The lowest BCUT2D eigenvalue weighted by atomic mass is 9.99. The van der Waals surface area contributed by atoms with Crippen molar-refractivity contribution in [3.8, 4) is 23.0 Å². The number of nitrogens with zero attached hydrogens (tertiary/aromatic N) is 1. The van der Waals surface area contributed by atoms with Gasteiger partial charge < -0.3 is 24.6 Å². The van der Waals surface area contributed by atoms with E-state index in [0.717, 1.165) is 30.2 Å². The molecule has 2 aromatic carbocycles. The van der Waals surface area contributed by atoms with E-state index in [4.69, 9.17) is 14.2 Å². The van der Waals surface area contributed by atoms with Crippen molar-refractivity contribution < 1.29 is 28.9 Å². The van der Waals surface area contributed by atoms with Gasteiger partial charge in [-0.2, -0.15) is 0 Å². The summed E-state index contributed by atoms with van der Waals surface area (Å²) < 4.78 is 16.9. The van der Waals surface area contributed by atoms with Gasteiger partial charge in [-0.3, -0.25) is 14.6 Å². The molecule has 8 nitrogen and oxygen atoms in total. The maximum Gasteiger partial charge on any atom is 0.319 e. The fraction of sp³-hybridized carbons (Fsp3) is 0.370. The Labute approximate surface area is 204 Å². The Hall–Kier alpha value is -3.81. The van der Waals surface area contributed by atoms with E-state index in [1.165, 1.54) is 0 Å². The van der Waals surface area contributed by atoms with Crippen molar-refractivity contribution in [3.05, 3.63) is 54.2 Å². The van der Waals surface area contributed by atoms with Crippen LogP contribution in [0.3, 0.4) is 0 Å². The van der Waals surface area contributed by atoms with Gasteiger partial charge in [-0.1, -0.05) is 31.9 Å². The number of carboxylic acid groups (broad SMARTS) is 1. The molecular formula is C27H30N2O6. The van der Waals surface area contributed by atoms with Gasteiger partial charge in [-0.05, 0) is 49.1 Å². The molecule has 1 heterocycles. The number of methoxy groups -OCH3 is 2. The van der Waals surface area contributed by atoms with E-state index in [2.05, 4.69) is 17.2 Å². The number of nitrogens with one attached hydrogen (secondary N) is 1. The quantitative estimate of drug-likeness (QED) is 0.362. The minimum Gasteiger partial charge on any atom is -0.493 e. The molecule has 2 N–H and O–H groups in total. The zero-order valence-electron chi connectivity index (χ0n) is 20.2. The standard InChI is InChI=1S/C27H30N2O6/c1-4-5-6-20(29-25(30)27(12-13-27)26(31)32)17-7-9-18(10-8-17)35-22-11-14-28-21-16-24(34-3)23(33-2)15-19(21)22/h7-11,14-16,20H,4-6,12-13H2,1-3H3,(H,29,30)(H,31,32). The highest BCUT2D eigenvalue weighted by Crippen LogP contribution is 2.46. The summed E-state index contributed by atoms with van der Waals surface area (Å²) in [5.41, 5.74) is 0.359. The molecule has 0 saturated heterocycles. The summed E-state index contributed by atoms with van der Waals surface area (Å²) in [6, 6.07) is 12.7. The van der Waals surface area contributed by atoms with Gasteiger partial charge in [-0.25, -0.2) is 0 Å². The monoisotopic (exact) mass is 478 g/mol. The van der Waals surface area contributed by atoms with Crippen LogP contribution in [0.1, 0.15) is 50.6 Å². The summed E-state index contributed by atoms with van der Waals surface area (Å²) in [6.07, 6.45) is 5.06. The number of benzene rings is 2. The summed E-state index contributed by atoms with van der Waals surface area (Å²) in [5, 5.41) is 13.2. The predicted molar refractivity (Wildman–Crippen MR) is 131 cm³/mol. The van der Waals surface area contributed by atoms with Crippen LogP contribution in [0, 0.1) is 5.41 Å². The molecule has 184 valence electrons. The Morgan fingerprint density at radius 2 is 1.74 bits per heavy atom. The number of aromatic nitrogens is 1. The second kappa shape index (κ2) is 10.2. The van der Waals surface area contributed by atoms with Gasteiger partial charge in [0, 0.05) is 17.6 Å². The lowest BCUT2D eigenvalue weighted by Gasteiger charge is -2.22. The number of pyridine rings is 1. The summed E-state index contributed by atoms with van der Waals surface area (Å²) in [4.78, 5) is 28.7. The third kappa shape index (κ3) is 5.01. The van der Waals surface area contributed by atoms with Gasteiger partial charge in [-0.15, -0.1) is 0 Å². The molecule has 1 atom stereocenters. The zero-order chi connectivity index (χ0) is 25.0. The third-order valence-corrected chi connectivity index (χ3v) is 6.46. The summed E-state index contributed by atoms with van der Waals surface area (Å²) >= 11 is 0. The fourth-order valence-corrected chi connectivity index (χ4v) is 4.12. The van der Waals surface area contributed by atoms with Crippen LogP contribution in [-0.4, -0.2) is 36.2 Å². The van der Waals surface area contributed by atoms with Gasteiger partial charge in [0.1, 0.15) is 16.9 Å². The van der Waals surface area contributed by atoms with Gasteiger partial charge in [0.25, 0.3) is 0 Å². The Kier molecular flexibility index (Phi) is 7.10. The number of fused-ring (bicyclic) bond motifs is 1. The van der Waals surface area contributed by atoms with Crippen LogP contribution < -0.4 is 19.5 Å². The molecule has 1 amide bonds. The van der Waals surface area contributed by atoms with Crippen molar-refractivity contribution in [1.29, 1.82) is 0 Å². The number of aliphatic carboxylic acids is 1. The first kappa shape index (κ1) is 24.3. The number of unbranched alkanes of at least 4 members (excludes halogenated alkanes) is 1. The van der Waals surface area contributed by atoms with Crippen LogP contribution in [0.15, 0.2) is 48.7 Å². The number of ether oxygens (including phenoxy) is 3. The van der Waals surface area contributed by atoms with Crippen molar-refractivity contribution in [1.82, 2.24) is 10.3 Å². The number of amides is 1. The van der Waals surface area contributed by atoms with E-state index in [1.54, 1.807) is 32.5 Å². The number of carbonyl (C=O) groups excluding carboxylic acids is 1. The second-order valence-corrected chi connectivity index (χ2v) is 8.76. The van der Waals surface area contributed by atoms with Crippen LogP contribution >= 0.6 is 0 Å². The molecular weight excluding hydrogens is 448 g/mol. The first-order valence-electron chi connectivity index (χ1n) is 11.7. The molecule has 0 radical (unpaired) electrons. The van der Waals surface area contributed by atoms with Crippen LogP contribution in [0.4, 0.5) is 0 Å². The van der Waals surface area contributed by atoms with Gasteiger partial charge in [0.2, 0.25) is 5.91 Å². The molecule has 1 unspecified atom stereocenters. The van der Waals surface area contributed by atoms with E-state index in [1.807, 2.05) is 30.3 Å². The Balaban J connectivity index is 1.55. The maximum absolute atomic E-state index is 12.7. The first-order valence-corrected chi connectivity index (χ1v) is 11.7. The molecule has 0 bridgehead atoms. The van der Waals surface area contributed by atoms with Gasteiger partial charge >= 0.3 is 5.97 Å². The Morgan fingerprint density at radius 3 is 2.34 bits per heavy atom. The van der Waals surface area contributed by atoms with E-state index in [0.29, 0.717) is 41.4 Å². The highest BCUT2D eigenvalue weighted by Gasteiger charge is 2.57. The highest BCUT2D eigenvalue weighted by atomic mass is 16.5. The van der Waals surface area contributed by atoms with Crippen LogP contribution in [0.25, 0.3) is 10.9 Å². The van der Waals surface area contributed by atoms with E-state index in [-0.39, 0.29) is 6.04 Å². The number of carbonyl (C=O) groups is 2. The highest BCUT2D eigenvalue weighted by molar-refractivity contribution is 6.05. The maximum atomic E-state index is 12.7. The van der Waals surface area contributed by atoms with E-state index >= 15 is 0 Å². The normalized spacial score (nSPS) is 14.7. The Bertz CT molecular complexity index is 1220. The van der Waals surface area contributed by atoms with E-state index in [9.17, 15) is 14.7 Å². The Morgan fingerprint density at radius 1 is 1.06 bits per heavy atom. The number of hydrogen-bond donors (Lipinski definition) is 2. The largest absolute Gasteiger partial charge is 0.493 e. The molecule has 1 aliphatic carbocycles. The lowest BCUT2D eigenvalue weighted by molar-refractivity contribution is -0.149. The van der Waals surface area contributed by atoms with Gasteiger partial charge in [0.15, 0.2) is 11.5 Å². The van der Waals surface area contributed by atoms with Crippen LogP contribution in [-0.2, 0) is 9.59 Å². The van der Waals surface area contributed by atoms with Crippen molar-refractivity contribution in [3.63, 3.8) is 0 Å². The third-order valence-electron chi connectivity index (χ3n) is 6.46. The number of hydrogen-bond acceptors (Lipinski definition) is 6. The van der Waals surface area contributed by atoms with Crippen molar-refractivity contribution >= 4 is 22.8 Å². The van der Waals surface area contributed by atoms with Crippen molar-refractivity contribution in [2.24, 2.45) is 5.41 Å². The molecule has 0 spiro atoms. The molecule has 35 heavy (non-hydrogen) atoms. The second-order valence-electron chi connectivity index (χ2n) is 8.76. The predicted octanol–water partition coefficient (Wildman–Crippen LogP) is 5.26. The van der Waals surface area contributed by atoms with Crippen LogP contribution in [0.2, 0.25) is 0 Å². The molecule has 8 heteroatoms. The molecule has 1 fully saturated rings. The molecule has 0 aliphatic heterocycles. The molecule has 1 aromatic heterocycles. The number of carboxylic acids is 1. The zero-order valence-corrected chi connectivity index (χ0v) is 20.2. The smallest absolute Gasteiger partial charge is 0.319 e. The summed E-state index contributed by atoms with van der Waals surface area (Å²) in [7, 11) is 3.16. The molecule has 3 aromatic rings. The fourth-order valence-electron chi connectivity index (χ4n) is 4.12. The lowest BCUT2D eigenvalue weighted by Crippen LogP contribution is -2.39.